The van der Waals surface area contributed by atoms with E-state index < -0.39 is 23.7 Å². The number of alkyl carbamates (subject to hydrolysis) is 1. The number of carbonyl (C=O) groups excluding carboxylic acids is 2. The molecule has 0 aliphatic carbocycles. The van der Waals surface area contributed by atoms with E-state index >= 15 is 0 Å². The van der Waals surface area contributed by atoms with Crippen LogP contribution in [0, 0.1) is 0 Å². The van der Waals surface area contributed by atoms with E-state index in [1.165, 1.54) is 7.11 Å². The van der Waals surface area contributed by atoms with Crippen LogP contribution in [-0.4, -0.2) is 44.0 Å². The minimum Gasteiger partial charge on any atom is -0.492 e. The molecule has 134 valence electrons. The smallest absolute Gasteiger partial charge is 0.407 e. The molecule has 0 saturated carbocycles. The SMILES string of the molecule is COC(=O)[C@H](N)Cc1ccc(OCCNC(=O)OC(C)(C)C)cc1. The molecule has 0 aromatic heterocycles. The number of esters is 1. The second kappa shape index (κ2) is 9.12. The van der Waals surface area contributed by atoms with Crippen LogP contribution in [0.4, 0.5) is 4.79 Å². The first-order valence-corrected chi connectivity index (χ1v) is 7.73. The topological polar surface area (TPSA) is 99.9 Å². The van der Waals surface area contributed by atoms with E-state index in [-0.39, 0.29) is 0 Å². The van der Waals surface area contributed by atoms with Gasteiger partial charge in [0, 0.05) is 0 Å². The summed E-state index contributed by atoms with van der Waals surface area (Å²) in [7, 11) is 1.31. The Bertz CT molecular complexity index is 537. The zero-order valence-electron chi connectivity index (χ0n) is 14.6. The van der Waals surface area contributed by atoms with Crippen molar-refractivity contribution in [3.63, 3.8) is 0 Å². The fourth-order valence-corrected chi connectivity index (χ4v) is 1.85. The van der Waals surface area contributed by atoms with Crippen molar-refractivity contribution < 1.29 is 23.8 Å². The van der Waals surface area contributed by atoms with Gasteiger partial charge in [-0.1, -0.05) is 12.1 Å². The third-order valence-corrected chi connectivity index (χ3v) is 2.92. The summed E-state index contributed by atoms with van der Waals surface area (Å²) in [5, 5.41) is 2.61. The summed E-state index contributed by atoms with van der Waals surface area (Å²) in [4.78, 5) is 22.7. The van der Waals surface area contributed by atoms with Crippen molar-refractivity contribution in [1.82, 2.24) is 5.32 Å². The van der Waals surface area contributed by atoms with Gasteiger partial charge in [0.05, 0.1) is 13.7 Å². The molecule has 0 radical (unpaired) electrons. The van der Waals surface area contributed by atoms with Crippen LogP contribution in [0.1, 0.15) is 26.3 Å². The maximum absolute atomic E-state index is 11.5. The Morgan fingerprint density at radius 1 is 1.21 bits per heavy atom. The molecule has 1 rings (SSSR count). The Morgan fingerprint density at radius 2 is 1.83 bits per heavy atom. The molecule has 0 fully saturated rings. The molecule has 0 heterocycles. The summed E-state index contributed by atoms with van der Waals surface area (Å²) in [5.41, 5.74) is 6.10. The Hall–Kier alpha value is -2.28. The lowest BCUT2D eigenvalue weighted by molar-refractivity contribution is -0.142. The van der Waals surface area contributed by atoms with Crippen molar-refractivity contribution in [2.45, 2.75) is 38.8 Å². The second-order valence-electron chi connectivity index (χ2n) is 6.25. The molecule has 1 aromatic carbocycles. The van der Waals surface area contributed by atoms with E-state index in [2.05, 4.69) is 10.1 Å². The lowest BCUT2D eigenvalue weighted by Crippen LogP contribution is -2.34. The van der Waals surface area contributed by atoms with Gasteiger partial charge < -0.3 is 25.3 Å². The van der Waals surface area contributed by atoms with Crippen LogP contribution in [-0.2, 0) is 20.7 Å². The number of ether oxygens (including phenoxy) is 3. The van der Waals surface area contributed by atoms with Crippen molar-refractivity contribution in [3.05, 3.63) is 29.8 Å². The highest BCUT2D eigenvalue weighted by atomic mass is 16.6. The normalized spacial score (nSPS) is 12.2. The van der Waals surface area contributed by atoms with Gasteiger partial charge in [-0.3, -0.25) is 4.79 Å². The molecule has 7 nitrogen and oxygen atoms in total. The third kappa shape index (κ3) is 7.82. The highest BCUT2D eigenvalue weighted by molar-refractivity contribution is 5.75. The molecule has 0 saturated heterocycles. The second-order valence-corrected chi connectivity index (χ2v) is 6.25. The fraction of sp³-hybridized carbons (Fsp3) is 0.529. The summed E-state index contributed by atoms with van der Waals surface area (Å²) < 4.78 is 15.2. The molecule has 0 bridgehead atoms. The minimum atomic E-state index is -0.681. The van der Waals surface area contributed by atoms with E-state index in [4.69, 9.17) is 15.2 Å². The van der Waals surface area contributed by atoms with E-state index in [9.17, 15) is 9.59 Å². The Balaban J connectivity index is 2.32. The van der Waals surface area contributed by atoms with Gasteiger partial charge in [0.25, 0.3) is 0 Å². The maximum atomic E-state index is 11.5. The molecule has 0 aliphatic heterocycles. The maximum Gasteiger partial charge on any atom is 0.407 e. The van der Waals surface area contributed by atoms with E-state index in [1.54, 1.807) is 32.9 Å². The number of nitrogens with one attached hydrogen (secondary N) is 1. The Kier molecular flexibility index (Phi) is 7.51. The number of hydrogen-bond acceptors (Lipinski definition) is 6. The van der Waals surface area contributed by atoms with Crippen LogP contribution in [0.25, 0.3) is 0 Å². The van der Waals surface area contributed by atoms with Crippen molar-refractivity contribution >= 4 is 12.1 Å². The van der Waals surface area contributed by atoms with Crippen molar-refractivity contribution in [1.29, 1.82) is 0 Å². The van der Waals surface area contributed by atoms with Gasteiger partial charge in [-0.05, 0) is 44.9 Å². The molecular formula is C17H26N2O5. The van der Waals surface area contributed by atoms with Gasteiger partial charge in [0.2, 0.25) is 0 Å². The van der Waals surface area contributed by atoms with E-state index in [1.807, 2.05) is 12.1 Å². The van der Waals surface area contributed by atoms with Crippen LogP contribution in [0.15, 0.2) is 24.3 Å². The van der Waals surface area contributed by atoms with Crippen LogP contribution in [0.2, 0.25) is 0 Å². The standard InChI is InChI=1S/C17H26N2O5/c1-17(2,3)24-16(21)19-9-10-23-13-7-5-12(6-8-13)11-14(18)15(20)22-4/h5-8,14H,9-11,18H2,1-4H3,(H,19,21)/t14-/m1/s1. The number of nitrogens with two attached hydrogens (primary N) is 1. The average molecular weight is 338 g/mol. The number of methoxy groups -OCH3 is 1. The van der Waals surface area contributed by atoms with Gasteiger partial charge in [-0.25, -0.2) is 4.79 Å². The molecule has 0 unspecified atom stereocenters. The highest BCUT2D eigenvalue weighted by Crippen LogP contribution is 2.13. The number of amides is 1. The first-order chi connectivity index (χ1) is 11.2. The summed E-state index contributed by atoms with van der Waals surface area (Å²) >= 11 is 0. The lowest BCUT2D eigenvalue weighted by atomic mass is 10.1. The van der Waals surface area contributed by atoms with Crippen molar-refractivity contribution in [2.24, 2.45) is 5.73 Å². The molecule has 0 aliphatic rings. The van der Waals surface area contributed by atoms with Crippen LogP contribution < -0.4 is 15.8 Å². The van der Waals surface area contributed by atoms with Crippen LogP contribution in [0.5, 0.6) is 5.75 Å². The number of rotatable bonds is 7. The first kappa shape index (κ1) is 19.8. The van der Waals surface area contributed by atoms with Gasteiger partial charge in [0.1, 0.15) is 24.0 Å². The third-order valence-electron chi connectivity index (χ3n) is 2.92. The van der Waals surface area contributed by atoms with Gasteiger partial charge in [-0.2, -0.15) is 0 Å². The number of benzene rings is 1. The van der Waals surface area contributed by atoms with Gasteiger partial charge in [-0.15, -0.1) is 0 Å². The predicted molar refractivity (Wildman–Crippen MR) is 89.9 cm³/mol. The summed E-state index contributed by atoms with van der Waals surface area (Å²) in [6, 6.07) is 6.55. The van der Waals surface area contributed by atoms with Crippen molar-refractivity contribution in [3.8, 4) is 5.75 Å². The molecule has 24 heavy (non-hydrogen) atoms. The van der Waals surface area contributed by atoms with Crippen molar-refractivity contribution in [2.75, 3.05) is 20.3 Å². The molecule has 1 atom stereocenters. The number of hydrogen-bond donors (Lipinski definition) is 2. The van der Waals surface area contributed by atoms with E-state index in [0.717, 1.165) is 5.56 Å². The van der Waals surface area contributed by atoms with Gasteiger partial charge >= 0.3 is 12.1 Å². The van der Waals surface area contributed by atoms with E-state index in [0.29, 0.717) is 25.3 Å². The summed E-state index contributed by atoms with van der Waals surface area (Å²) in [5.74, 6) is 0.222. The van der Waals surface area contributed by atoms with Gasteiger partial charge in [0.15, 0.2) is 0 Å². The zero-order valence-corrected chi connectivity index (χ0v) is 14.6. The highest BCUT2D eigenvalue weighted by Gasteiger charge is 2.15. The fourth-order valence-electron chi connectivity index (χ4n) is 1.85. The largest absolute Gasteiger partial charge is 0.492 e. The number of carbonyl (C=O) groups is 2. The van der Waals surface area contributed by atoms with Crippen LogP contribution >= 0.6 is 0 Å². The molecule has 0 spiro atoms. The molecule has 3 N–H and O–H groups in total. The van der Waals surface area contributed by atoms with Crippen LogP contribution in [0.3, 0.4) is 0 Å². The molecular weight excluding hydrogens is 312 g/mol. The molecule has 7 heteroatoms. The lowest BCUT2D eigenvalue weighted by Gasteiger charge is -2.19. The Morgan fingerprint density at radius 3 is 2.38 bits per heavy atom. The quantitative estimate of drug-likeness (QED) is 0.579. The zero-order chi connectivity index (χ0) is 18.2. The monoisotopic (exact) mass is 338 g/mol. The Labute approximate surface area is 142 Å². The first-order valence-electron chi connectivity index (χ1n) is 7.73. The summed E-state index contributed by atoms with van der Waals surface area (Å²) in [6.45, 7) is 6.06. The summed E-state index contributed by atoms with van der Waals surface area (Å²) in [6.07, 6.45) is -0.0779. The molecule has 1 amide bonds. The molecule has 1 aromatic rings. The average Bonchev–Trinajstić information content (AvgIpc) is 2.50. The minimum absolute atomic E-state index is 0.320. The predicted octanol–water partition coefficient (Wildman–Crippen LogP) is 1.63.